The molecule has 1 aliphatic rings. The monoisotopic (exact) mass is 416 g/mol. The fourth-order valence-corrected chi connectivity index (χ4v) is 3.35. The molecule has 0 radical (unpaired) electrons. The fraction of sp³-hybridized carbons (Fsp3) is 0.250. The quantitative estimate of drug-likeness (QED) is 0.652. The SMILES string of the molecule is CC.O=C(O)CCCSC1=CC(=O)c2onc(C(=O)Nc3ccccc3)c2C1=O. The van der Waals surface area contributed by atoms with Crippen molar-refractivity contribution < 1.29 is 28.8 Å². The molecule has 0 fully saturated rings. The first-order valence-electron chi connectivity index (χ1n) is 8.98. The highest BCUT2D eigenvalue weighted by Crippen LogP contribution is 2.31. The van der Waals surface area contributed by atoms with Crippen LogP contribution in [0.4, 0.5) is 5.69 Å². The number of para-hydroxylation sites is 1. The van der Waals surface area contributed by atoms with Crippen LogP contribution in [0.1, 0.15) is 58.1 Å². The highest BCUT2D eigenvalue weighted by Gasteiger charge is 2.36. The Labute approximate surface area is 171 Å². The molecular weight excluding hydrogens is 396 g/mol. The lowest BCUT2D eigenvalue weighted by molar-refractivity contribution is -0.137. The van der Waals surface area contributed by atoms with Crippen LogP contribution in [0.5, 0.6) is 0 Å². The van der Waals surface area contributed by atoms with E-state index in [0.717, 1.165) is 17.8 Å². The van der Waals surface area contributed by atoms with Crippen molar-refractivity contribution in [2.24, 2.45) is 0 Å². The Morgan fingerprint density at radius 3 is 2.52 bits per heavy atom. The molecule has 9 heteroatoms. The summed E-state index contributed by atoms with van der Waals surface area (Å²) in [5, 5.41) is 14.8. The minimum atomic E-state index is -0.934. The van der Waals surface area contributed by atoms with E-state index in [1.165, 1.54) is 0 Å². The summed E-state index contributed by atoms with van der Waals surface area (Å²) < 4.78 is 4.92. The first-order valence-corrected chi connectivity index (χ1v) is 9.97. The zero-order chi connectivity index (χ0) is 21.4. The minimum absolute atomic E-state index is 0.0360. The normalized spacial score (nSPS) is 12.4. The number of Topliss-reactive ketones (excluding diaryl/α,β-unsaturated/α-hetero) is 1. The minimum Gasteiger partial charge on any atom is -0.481 e. The number of benzene rings is 1. The van der Waals surface area contributed by atoms with Crippen molar-refractivity contribution in [3.63, 3.8) is 0 Å². The van der Waals surface area contributed by atoms with Gasteiger partial charge in [0.25, 0.3) is 5.91 Å². The number of aromatic nitrogens is 1. The van der Waals surface area contributed by atoms with Crippen LogP contribution in [0.3, 0.4) is 0 Å². The molecule has 0 spiro atoms. The summed E-state index contributed by atoms with van der Waals surface area (Å²) in [5.74, 6) is -2.61. The van der Waals surface area contributed by atoms with E-state index in [-0.39, 0.29) is 28.3 Å². The molecule has 0 aliphatic heterocycles. The van der Waals surface area contributed by atoms with Gasteiger partial charge < -0.3 is 14.9 Å². The van der Waals surface area contributed by atoms with Gasteiger partial charge in [0.2, 0.25) is 17.3 Å². The number of carboxylic acids is 1. The van der Waals surface area contributed by atoms with Gasteiger partial charge in [0.1, 0.15) is 5.56 Å². The number of aliphatic carboxylic acids is 1. The number of ketones is 2. The van der Waals surface area contributed by atoms with Crippen molar-refractivity contribution in [2.75, 3.05) is 11.1 Å². The lowest BCUT2D eigenvalue weighted by Crippen LogP contribution is -2.20. The molecule has 0 atom stereocenters. The zero-order valence-corrected chi connectivity index (χ0v) is 16.7. The molecule has 1 aromatic heterocycles. The second-order valence-corrected chi connectivity index (χ2v) is 6.74. The van der Waals surface area contributed by atoms with Crippen LogP contribution in [0.2, 0.25) is 0 Å². The Bertz CT molecular complexity index is 949. The van der Waals surface area contributed by atoms with Crippen molar-refractivity contribution in [3.8, 4) is 0 Å². The molecule has 1 aromatic carbocycles. The number of rotatable bonds is 7. The molecule has 2 N–H and O–H groups in total. The molecule has 8 nitrogen and oxygen atoms in total. The standard InChI is InChI=1S/C18H14N2O6S.C2H6/c21-11-9-12(27-8-4-7-13(22)23)16(24)14-15(20-26-17(11)14)18(25)19-10-5-2-1-3-6-10;1-2/h1-3,5-6,9H,4,7-8H2,(H,19,25)(H,22,23);1-2H3. The van der Waals surface area contributed by atoms with Crippen LogP contribution in [0, 0.1) is 0 Å². The van der Waals surface area contributed by atoms with Gasteiger partial charge >= 0.3 is 5.97 Å². The third-order valence-electron chi connectivity index (χ3n) is 3.67. The second kappa shape index (κ2) is 10.4. The number of thioether (sulfide) groups is 1. The summed E-state index contributed by atoms with van der Waals surface area (Å²) in [6.07, 6.45) is 1.43. The van der Waals surface area contributed by atoms with Gasteiger partial charge in [-0.3, -0.25) is 19.2 Å². The molecule has 3 rings (SSSR count). The summed E-state index contributed by atoms with van der Waals surface area (Å²) in [5.41, 5.74) is 0.0771. The summed E-state index contributed by atoms with van der Waals surface area (Å²) in [6.45, 7) is 4.00. The highest BCUT2D eigenvalue weighted by atomic mass is 32.2. The van der Waals surface area contributed by atoms with Gasteiger partial charge in [-0.1, -0.05) is 37.2 Å². The number of nitrogens with zero attached hydrogens (tertiary/aromatic N) is 1. The van der Waals surface area contributed by atoms with E-state index >= 15 is 0 Å². The van der Waals surface area contributed by atoms with Crippen molar-refractivity contribution in [1.82, 2.24) is 5.16 Å². The van der Waals surface area contributed by atoms with Gasteiger partial charge in [0, 0.05) is 18.2 Å². The molecule has 0 bridgehead atoms. The van der Waals surface area contributed by atoms with Crippen LogP contribution in [0.25, 0.3) is 0 Å². The van der Waals surface area contributed by atoms with Crippen molar-refractivity contribution in [1.29, 1.82) is 0 Å². The average Bonchev–Trinajstić information content (AvgIpc) is 3.17. The van der Waals surface area contributed by atoms with Crippen LogP contribution in [0.15, 0.2) is 45.8 Å². The van der Waals surface area contributed by atoms with Crippen LogP contribution < -0.4 is 5.32 Å². The molecular formula is C20H20N2O6S. The second-order valence-electron chi connectivity index (χ2n) is 5.60. The smallest absolute Gasteiger partial charge is 0.303 e. The lowest BCUT2D eigenvalue weighted by Gasteiger charge is -2.10. The maximum atomic E-state index is 12.7. The predicted octanol–water partition coefficient (Wildman–Crippen LogP) is 3.81. The maximum absolute atomic E-state index is 12.7. The lowest BCUT2D eigenvalue weighted by atomic mass is 9.99. The van der Waals surface area contributed by atoms with Gasteiger partial charge in [0.15, 0.2) is 5.69 Å². The summed E-state index contributed by atoms with van der Waals surface area (Å²) in [4.78, 5) is 48.0. The number of carbonyl (C=O) groups is 4. The number of amides is 1. The van der Waals surface area contributed by atoms with Crippen molar-refractivity contribution in [2.45, 2.75) is 26.7 Å². The van der Waals surface area contributed by atoms with E-state index < -0.39 is 23.4 Å². The molecule has 1 amide bonds. The molecule has 1 heterocycles. The van der Waals surface area contributed by atoms with E-state index in [0.29, 0.717) is 17.9 Å². The van der Waals surface area contributed by atoms with Crippen LogP contribution in [-0.4, -0.2) is 39.5 Å². The van der Waals surface area contributed by atoms with Crippen molar-refractivity contribution >= 4 is 40.9 Å². The number of fused-ring (bicyclic) bond motifs is 1. The topological polar surface area (TPSA) is 127 Å². The molecule has 0 saturated carbocycles. The van der Waals surface area contributed by atoms with Crippen LogP contribution in [-0.2, 0) is 4.79 Å². The van der Waals surface area contributed by atoms with E-state index in [1.807, 2.05) is 13.8 Å². The largest absolute Gasteiger partial charge is 0.481 e. The van der Waals surface area contributed by atoms with E-state index in [2.05, 4.69) is 10.5 Å². The molecule has 0 unspecified atom stereocenters. The number of allylic oxidation sites excluding steroid dienone is 2. The maximum Gasteiger partial charge on any atom is 0.303 e. The molecule has 0 saturated heterocycles. The number of hydrogen-bond donors (Lipinski definition) is 2. The molecule has 2 aromatic rings. The van der Waals surface area contributed by atoms with E-state index in [4.69, 9.17) is 9.63 Å². The third-order valence-corrected chi connectivity index (χ3v) is 4.78. The summed E-state index contributed by atoms with van der Waals surface area (Å²) in [6, 6.07) is 8.59. The fourth-order valence-electron chi connectivity index (χ4n) is 2.42. The number of carboxylic acid groups (broad SMARTS) is 1. The Morgan fingerprint density at radius 1 is 1.17 bits per heavy atom. The Balaban J connectivity index is 0.00000145. The average molecular weight is 416 g/mol. The van der Waals surface area contributed by atoms with Crippen LogP contribution >= 0.6 is 11.8 Å². The first kappa shape index (κ1) is 22.1. The number of anilines is 1. The van der Waals surface area contributed by atoms with E-state index in [1.54, 1.807) is 30.3 Å². The van der Waals surface area contributed by atoms with E-state index in [9.17, 15) is 19.2 Å². The number of nitrogens with one attached hydrogen (secondary N) is 1. The summed E-state index contributed by atoms with van der Waals surface area (Å²) >= 11 is 1.07. The van der Waals surface area contributed by atoms with Gasteiger partial charge in [-0.05, 0) is 24.3 Å². The van der Waals surface area contributed by atoms with Crippen molar-refractivity contribution in [3.05, 3.63) is 58.3 Å². The van der Waals surface area contributed by atoms with Gasteiger partial charge in [-0.15, -0.1) is 11.8 Å². The molecule has 152 valence electrons. The summed E-state index contributed by atoms with van der Waals surface area (Å²) in [7, 11) is 0. The Morgan fingerprint density at radius 2 is 1.86 bits per heavy atom. The molecule has 1 aliphatic carbocycles. The number of carbonyl (C=O) groups excluding carboxylic acids is 3. The highest BCUT2D eigenvalue weighted by molar-refractivity contribution is 8.04. The molecule has 29 heavy (non-hydrogen) atoms. The first-order chi connectivity index (χ1) is 14.0. The Hall–Kier alpha value is -3.20. The van der Waals surface area contributed by atoms with Gasteiger partial charge in [-0.2, -0.15) is 0 Å². The zero-order valence-electron chi connectivity index (χ0n) is 15.9. The van der Waals surface area contributed by atoms with Gasteiger partial charge in [-0.25, -0.2) is 0 Å². The third kappa shape index (κ3) is 5.41. The number of hydrogen-bond acceptors (Lipinski definition) is 7. The Kier molecular flexibility index (Phi) is 7.90. The van der Waals surface area contributed by atoms with Gasteiger partial charge in [0.05, 0.1) is 4.91 Å². The predicted molar refractivity (Wildman–Crippen MR) is 108 cm³/mol.